The van der Waals surface area contributed by atoms with E-state index < -0.39 is 11.5 Å². The van der Waals surface area contributed by atoms with Crippen molar-refractivity contribution in [2.45, 2.75) is 31.5 Å². The van der Waals surface area contributed by atoms with Crippen LogP contribution in [0.25, 0.3) is 0 Å². The molecule has 1 aliphatic carbocycles. The highest BCUT2D eigenvalue weighted by Gasteiger charge is 2.56. The molecule has 4 N–H and O–H groups in total. The number of hydrogen-bond acceptors (Lipinski definition) is 6. The van der Waals surface area contributed by atoms with Crippen LogP contribution in [0.1, 0.15) is 35.9 Å². The van der Waals surface area contributed by atoms with Crippen molar-refractivity contribution in [2.24, 2.45) is 11.5 Å². The number of furan rings is 2. The normalized spacial score (nSPS) is 23.3. The second kappa shape index (κ2) is 6.10. The third kappa shape index (κ3) is 2.38. The van der Waals surface area contributed by atoms with Crippen LogP contribution in [0, 0.1) is 10.1 Å². The number of nitro groups is 1. The van der Waals surface area contributed by atoms with E-state index in [9.17, 15) is 10.1 Å². The maximum absolute atomic E-state index is 12.1. The fourth-order valence-corrected chi connectivity index (χ4v) is 3.17. The van der Waals surface area contributed by atoms with Gasteiger partial charge in [-0.05, 0) is 31.2 Å². The fourth-order valence-electron chi connectivity index (χ4n) is 3.17. The zero-order valence-corrected chi connectivity index (χ0v) is 13.3. The number of allylic oxidation sites excluding steroid dienone is 2. The third-order valence-electron chi connectivity index (χ3n) is 4.33. The predicted octanol–water partition coefficient (Wildman–Crippen LogP) is 2.56. The van der Waals surface area contributed by atoms with Crippen molar-refractivity contribution in [1.29, 1.82) is 0 Å². The second-order valence-electron chi connectivity index (χ2n) is 5.76. The van der Waals surface area contributed by atoms with Gasteiger partial charge in [0.15, 0.2) is 5.76 Å². The Bertz CT molecular complexity index is 817. The smallest absolute Gasteiger partial charge is 0.310 e. The van der Waals surface area contributed by atoms with E-state index >= 15 is 0 Å². The lowest BCUT2D eigenvalue weighted by Crippen LogP contribution is -2.41. The van der Waals surface area contributed by atoms with E-state index in [0.29, 0.717) is 17.3 Å². The molecule has 0 amide bonds. The molecule has 24 heavy (non-hydrogen) atoms. The van der Waals surface area contributed by atoms with Crippen LogP contribution in [0.2, 0.25) is 0 Å². The van der Waals surface area contributed by atoms with Gasteiger partial charge in [-0.3, -0.25) is 10.1 Å². The first-order chi connectivity index (χ1) is 11.5. The molecule has 0 saturated carbocycles. The second-order valence-corrected chi connectivity index (χ2v) is 5.76. The van der Waals surface area contributed by atoms with E-state index in [1.807, 2.05) is 13.0 Å². The first-order valence-corrected chi connectivity index (χ1v) is 7.61. The topological polar surface area (TPSA) is 121 Å². The lowest BCUT2D eigenvalue weighted by molar-refractivity contribution is -0.571. The summed E-state index contributed by atoms with van der Waals surface area (Å²) in [5.74, 6) is 1.15. The maximum atomic E-state index is 12.1. The quantitative estimate of drug-likeness (QED) is 0.642. The summed E-state index contributed by atoms with van der Waals surface area (Å²) in [5, 5.41) is 12.1. The van der Waals surface area contributed by atoms with Crippen molar-refractivity contribution >= 4 is 0 Å². The van der Waals surface area contributed by atoms with Gasteiger partial charge in [0.1, 0.15) is 23.2 Å². The Labute approximate surface area is 138 Å². The Balaban J connectivity index is 2.19. The van der Waals surface area contributed by atoms with Crippen molar-refractivity contribution in [3.05, 3.63) is 81.2 Å². The van der Waals surface area contributed by atoms with Gasteiger partial charge in [0.05, 0.1) is 13.1 Å². The van der Waals surface area contributed by atoms with Gasteiger partial charge >= 0.3 is 5.54 Å². The molecule has 7 heteroatoms. The van der Waals surface area contributed by atoms with Crippen molar-refractivity contribution in [1.82, 2.24) is 0 Å². The highest BCUT2D eigenvalue weighted by molar-refractivity contribution is 5.40. The van der Waals surface area contributed by atoms with Crippen molar-refractivity contribution < 1.29 is 13.8 Å². The fraction of sp³-hybridized carbons (Fsp3) is 0.294. The highest BCUT2D eigenvalue weighted by atomic mass is 16.6. The molecule has 2 heterocycles. The van der Waals surface area contributed by atoms with Gasteiger partial charge in [-0.2, -0.15) is 0 Å². The Hall–Kier alpha value is -2.64. The van der Waals surface area contributed by atoms with Crippen molar-refractivity contribution in [3.8, 4) is 0 Å². The molecule has 2 aromatic rings. The first-order valence-electron chi connectivity index (χ1n) is 7.61. The lowest BCUT2D eigenvalue weighted by atomic mass is 9.73. The molecule has 0 aromatic carbocycles. The van der Waals surface area contributed by atoms with Gasteiger partial charge in [-0.1, -0.05) is 17.7 Å². The van der Waals surface area contributed by atoms with Crippen LogP contribution < -0.4 is 11.5 Å². The minimum atomic E-state index is -1.59. The van der Waals surface area contributed by atoms with Crippen LogP contribution in [0.15, 0.2) is 56.9 Å². The summed E-state index contributed by atoms with van der Waals surface area (Å²) in [4.78, 5) is 11.8. The maximum Gasteiger partial charge on any atom is 0.310 e. The van der Waals surface area contributed by atoms with Gasteiger partial charge in [-0.25, -0.2) is 0 Å². The summed E-state index contributed by atoms with van der Waals surface area (Å²) >= 11 is 0. The summed E-state index contributed by atoms with van der Waals surface area (Å²) < 4.78 is 11.4. The SMILES string of the molecule is CC1=CC=CC(c2ccc(CN)o2)([N+](=O)[O-])C1c1ccc(CN)o1. The first kappa shape index (κ1) is 16.2. The Morgan fingerprint density at radius 1 is 1.17 bits per heavy atom. The summed E-state index contributed by atoms with van der Waals surface area (Å²) in [7, 11) is 0. The van der Waals surface area contributed by atoms with Crippen molar-refractivity contribution in [2.75, 3.05) is 0 Å². The number of hydrogen-bond donors (Lipinski definition) is 2. The Morgan fingerprint density at radius 2 is 1.83 bits per heavy atom. The molecule has 3 rings (SSSR count). The van der Waals surface area contributed by atoms with E-state index in [2.05, 4.69) is 0 Å². The van der Waals surface area contributed by atoms with Gasteiger partial charge < -0.3 is 20.3 Å². The third-order valence-corrected chi connectivity index (χ3v) is 4.33. The van der Waals surface area contributed by atoms with Crippen LogP contribution in [-0.2, 0) is 18.6 Å². The van der Waals surface area contributed by atoms with E-state index in [1.165, 1.54) is 6.08 Å². The number of nitrogens with zero attached hydrogens (tertiary/aromatic N) is 1. The zero-order valence-electron chi connectivity index (χ0n) is 13.3. The lowest BCUT2D eigenvalue weighted by Gasteiger charge is -2.30. The van der Waals surface area contributed by atoms with Crippen LogP contribution in [0.5, 0.6) is 0 Å². The molecule has 1 aliphatic rings. The molecular weight excluding hydrogens is 310 g/mol. The summed E-state index contributed by atoms with van der Waals surface area (Å²) in [5.41, 5.74) is 10.4. The van der Waals surface area contributed by atoms with Gasteiger partial charge in [0.25, 0.3) is 0 Å². The average molecular weight is 329 g/mol. The molecule has 0 saturated heterocycles. The van der Waals surface area contributed by atoms with Crippen molar-refractivity contribution in [3.63, 3.8) is 0 Å². The average Bonchev–Trinajstić information content (AvgIpc) is 3.23. The summed E-state index contributed by atoms with van der Waals surface area (Å²) in [6.45, 7) is 2.24. The van der Waals surface area contributed by atoms with E-state index in [4.69, 9.17) is 20.3 Å². The predicted molar refractivity (Wildman–Crippen MR) is 87.5 cm³/mol. The molecule has 0 spiro atoms. The Kier molecular flexibility index (Phi) is 4.13. The molecular formula is C17H19N3O4. The minimum absolute atomic E-state index is 0.176. The van der Waals surface area contributed by atoms with E-state index in [1.54, 1.807) is 30.3 Å². The number of rotatable bonds is 5. The van der Waals surface area contributed by atoms with Crippen LogP contribution >= 0.6 is 0 Å². The largest absolute Gasteiger partial charge is 0.464 e. The standard InChI is InChI=1S/C17H19N3O4/c1-11-3-2-8-17(20(21)22,15-7-5-13(10-19)24-15)16(11)14-6-4-12(9-18)23-14/h2-8,16H,9-10,18-19H2,1H3. The molecule has 126 valence electrons. The monoisotopic (exact) mass is 329 g/mol. The highest BCUT2D eigenvalue weighted by Crippen LogP contribution is 2.48. The number of nitrogens with two attached hydrogens (primary N) is 2. The van der Waals surface area contributed by atoms with Gasteiger partial charge in [0, 0.05) is 11.0 Å². The zero-order chi connectivity index (χ0) is 17.3. The molecule has 0 fully saturated rings. The summed E-state index contributed by atoms with van der Waals surface area (Å²) in [6.07, 6.45) is 5.05. The molecule has 2 unspecified atom stereocenters. The molecule has 0 radical (unpaired) electrons. The van der Waals surface area contributed by atoms with Crippen LogP contribution in [0.3, 0.4) is 0 Å². The van der Waals surface area contributed by atoms with E-state index in [0.717, 1.165) is 5.57 Å². The van der Waals surface area contributed by atoms with Gasteiger partial charge in [-0.15, -0.1) is 0 Å². The summed E-state index contributed by atoms with van der Waals surface area (Å²) in [6, 6.07) is 6.73. The minimum Gasteiger partial charge on any atom is -0.464 e. The Morgan fingerprint density at radius 3 is 2.42 bits per heavy atom. The van der Waals surface area contributed by atoms with Crippen LogP contribution in [0.4, 0.5) is 0 Å². The molecule has 2 atom stereocenters. The molecule has 2 aromatic heterocycles. The molecule has 0 bridgehead atoms. The van der Waals surface area contributed by atoms with Gasteiger partial charge in [0.2, 0.25) is 0 Å². The molecule has 7 nitrogen and oxygen atoms in total. The van der Waals surface area contributed by atoms with Crippen LogP contribution in [-0.4, -0.2) is 4.92 Å². The molecule has 0 aliphatic heterocycles. The van der Waals surface area contributed by atoms with E-state index in [-0.39, 0.29) is 23.8 Å².